The van der Waals surface area contributed by atoms with Crippen LogP contribution in [0.15, 0.2) is 23.8 Å². The molecule has 0 amide bonds. The van der Waals surface area contributed by atoms with Crippen LogP contribution in [-0.4, -0.2) is 10.7 Å². The van der Waals surface area contributed by atoms with Crippen LogP contribution < -0.4 is 0 Å². The summed E-state index contributed by atoms with van der Waals surface area (Å²) in [6.07, 6.45) is 16.1. The van der Waals surface area contributed by atoms with E-state index in [1.807, 2.05) is 0 Å². The highest BCUT2D eigenvalue weighted by atomic mass is 16.3. The molecular formula is C22H30O. The smallest absolute Gasteiger partial charge is 0.130 e. The first-order valence-electron chi connectivity index (χ1n) is 9.48. The van der Waals surface area contributed by atoms with Gasteiger partial charge in [-0.3, -0.25) is 0 Å². The van der Waals surface area contributed by atoms with E-state index in [9.17, 15) is 5.11 Å². The van der Waals surface area contributed by atoms with Crippen molar-refractivity contribution in [1.82, 2.24) is 0 Å². The Hall–Kier alpha value is -1.00. The Morgan fingerprint density at radius 3 is 2.83 bits per heavy atom. The standard InChI is InChI=1S/C22H30O/c1-5-22(23)11-9-19-20-15(3)13-16-12-14(2)6-7-17(16)18(20)8-10-21(19,22)4/h1,12,15,17-20,23H,2,6-11,13H2,3-4H3/t15?,17?,18?,19?,20?,21-,22-/m0/s1. The van der Waals surface area contributed by atoms with E-state index in [0.29, 0.717) is 11.8 Å². The maximum Gasteiger partial charge on any atom is 0.130 e. The minimum atomic E-state index is -0.876. The number of allylic oxidation sites excluding steroid dienone is 3. The summed E-state index contributed by atoms with van der Waals surface area (Å²) < 4.78 is 0. The third-order valence-electron chi connectivity index (χ3n) is 8.15. The second-order valence-corrected chi connectivity index (χ2v) is 9.05. The van der Waals surface area contributed by atoms with Crippen LogP contribution in [0.25, 0.3) is 0 Å². The van der Waals surface area contributed by atoms with E-state index < -0.39 is 5.60 Å². The monoisotopic (exact) mass is 310 g/mol. The van der Waals surface area contributed by atoms with Gasteiger partial charge in [-0.15, -0.1) is 6.42 Å². The van der Waals surface area contributed by atoms with Gasteiger partial charge in [-0.25, -0.2) is 0 Å². The number of hydrogen-bond donors (Lipinski definition) is 1. The quantitative estimate of drug-likeness (QED) is 0.642. The van der Waals surface area contributed by atoms with Crippen molar-refractivity contribution in [2.45, 2.75) is 64.4 Å². The number of rotatable bonds is 0. The van der Waals surface area contributed by atoms with Gasteiger partial charge in [-0.05, 0) is 74.5 Å². The first kappa shape index (κ1) is 15.5. The van der Waals surface area contributed by atoms with Crippen molar-refractivity contribution in [2.75, 3.05) is 0 Å². The molecule has 0 aromatic rings. The first-order valence-corrected chi connectivity index (χ1v) is 9.48. The highest BCUT2D eigenvalue weighted by Crippen LogP contribution is 2.65. The zero-order valence-electron chi connectivity index (χ0n) is 14.6. The summed E-state index contributed by atoms with van der Waals surface area (Å²) in [5.41, 5.74) is 2.05. The van der Waals surface area contributed by atoms with Crippen molar-refractivity contribution >= 4 is 0 Å². The van der Waals surface area contributed by atoms with Gasteiger partial charge in [-0.2, -0.15) is 0 Å². The van der Waals surface area contributed by atoms with Crippen LogP contribution in [0.5, 0.6) is 0 Å². The van der Waals surface area contributed by atoms with Crippen molar-refractivity contribution in [3.63, 3.8) is 0 Å². The predicted molar refractivity (Wildman–Crippen MR) is 94.6 cm³/mol. The van der Waals surface area contributed by atoms with E-state index in [1.165, 1.54) is 31.3 Å². The predicted octanol–water partition coefficient (Wildman–Crippen LogP) is 4.73. The van der Waals surface area contributed by atoms with E-state index in [4.69, 9.17) is 6.42 Å². The molecule has 1 heteroatoms. The van der Waals surface area contributed by atoms with Crippen LogP contribution in [0.2, 0.25) is 0 Å². The Morgan fingerprint density at radius 1 is 1.30 bits per heavy atom. The Labute approximate surface area is 141 Å². The topological polar surface area (TPSA) is 20.2 Å². The van der Waals surface area contributed by atoms with E-state index in [1.54, 1.807) is 5.57 Å². The van der Waals surface area contributed by atoms with Gasteiger partial charge in [0, 0.05) is 5.41 Å². The highest BCUT2D eigenvalue weighted by molar-refractivity contribution is 5.31. The lowest BCUT2D eigenvalue weighted by Gasteiger charge is -2.57. The minimum absolute atomic E-state index is 0.0728. The maximum atomic E-state index is 11.0. The van der Waals surface area contributed by atoms with Gasteiger partial charge in [-0.1, -0.05) is 43.6 Å². The SMILES string of the molecule is C#C[C@]1(O)CCC2C3C(C)CC4=CC(=C)CCC4C3CC[C@@]21C. The Bertz CT molecular complexity index is 608. The van der Waals surface area contributed by atoms with Gasteiger partial charge in [0.05, 0.1) is 0 Å². The number of fused-ring (bicyclic) bond motifs is 5. The molecule has 0 spiro atoms. The molecule has 1 N–H and O–H groups in total. The molecule has 0 radical (unpaired) electrons. The van der Waals surface area contributed by atoms with Crippen molar-refractivity contribution in [1.29, 1.82) is 0 Å². The molecule has 0 aromatic heterocycles. The minimum Gasteiger partial charge on any atom is -0.377 e. The van der Waals surface area contributed by atoms with E-state index in [-0.39, 0.29) is 5.41 Å². The Balaban J connectivity index is 1.70. The third-order valence-corrected chi connectivity index (χ3v) is 8.15. The molecule has 0 heterocycles. The molecule has 0 aromatic carbocycles. The fourth-order valence-electron chi connectivity index (χ4n) is 6.94. The molecule has 4 aliphatic rings. The zero-order chi connectivity index (χ0) is 16.4. The summed E-state index contributed by atoms with van der Waals surface area (Å²) in [6, 6.07) is 0. The van der Waals surface area contributed by atoms with Gasteiger partial charge in [0.2, 0.25) is 0 Å². The van der Waals surface area contributed by atoms with Crippen LogP contribution in [0, 0.1) is 47.3 Å². The number of terminal acetylenes is 1. The lowest BCUT2D eigenvalue weighted by atomic mass is 9.48. The van der Waals surface area contributed by atoms with Crippen LogP contribution in [0.1, 0.15) is 58.8 Å². The molecule has 5 unspecified atom stereocenters. The lowest BCUT2D eigenvalue weighted by molar-refractivity contribution is -0.0977. The summed E-state index contributed by atoms with van der Waals surface area (Å²) >= 11 is 0. The Kier molecular flexibility index (Phi) is 3.37. The summed E-state index contributed by atoms with van der Waals surface area (Å²) in [7, 11) is 0. The normalized spacial score (nSPS) is 52.0. The molecule has 3 saturated carbocycles. The van der Waals surface area contributed by atoms with Gasteiger partial charge in [0.15, 0.2) is 0 Å². The highest BCUT2D eigenvalue weighted by Gasteiger charge is 2.62. The third kappa shape index (κ3) is 1.97. The van der Waals surface area contributed by atoms with E-state index in [2.05, 4.69) is 32.4 Å². The number of aliphatic hydroxyl groups is 1. The summed E-state index contributed by atoms with van der Waals surface area (Å²) in [5, 5.41) is 11.0. The molecule has 124 valence electrons. The van der Waals surface area contributed by atoms with Gasteiger partial charge < -0.3 is 5.11 Å². The first-order chi connectivity index (χ1) is 10.9. The molecule has 23 heavy (non-hydrogen) atoms. The molecule has 1 nitrogen and oxygen atoms in total. The second kappa shape index (κ2) is 5.00. The van der Waals surface area contributed by atoms with Crippen molar-refractivity contribution < 1.29 is 5.11 Å². The molecule has 7 atom stereocenters. The fraction of sp³-hybridized carbons (Fsp3) is 0.727. The molecule has 0 saturated heterocycles. The molecule has 0 bridgehead atoms. The van der Waals surface area contributed by atoms with Crippen molar-refractivity contribution in [3.8, 4) is 12.3 Å². The van der Waals surface area contributed by atoms with Gasteiger partial charge in [0.1, 0.15) is 5.60 Å². The van der Waals surface area contributed by atoms with Crippen molar-refractivity contribution in [2.24, 2.45) is 35.0 Å². The average molecular weight is 310 g/mol. The number of hydrogen-bond acceptors (Lipinski definition) is 1. The van der Waals surface area contributed by atoms with Crippen LogP contribution in [-0.2, 0) is 0 Å². The van der Waals surface area contributed by atoms with Crippen LogP contribution >= 0.6 is 0 Å². The fourth-order valence-corrected chi connectivity index (χ4v) is 6.94. The average Bonchev–Trinajstić information content (AvgIpc) is 2.79. The van der Waals surface area contributed by atoms with Crippen LogP contribution in [0.3, 0.4) is 0 Å². The lowest BCUT2D eigenvalue weighted by Crippen LogP contribution is -2.53. The molecular weight excluding hydrogens is 280 g/mol. The van der Waals surface area contributed by atoms with E-state index in [0.717, 1.165) is 37.0 Å². The summed E-state index contributed by atoms with van der Waals surface area (Å²) in [4.78, 5) is 0. The second-order valence-electron chi connectivity index (χ2n) is 9.05. The largest absolute Gasteiger partial charge is 0.377 e. The molecule has 4 rings (SSSR count). The zero-order valence-corrected chi connectivity index (χ0v) is 14.6. The van der Waals surface area contributed by atoms with E-state index >= 15 is 0 Å². The summed E-state index contributed by atoms with van der Waals surface area (Å²) in [5.74, 6) is 6.40. The Morgan fingerprint density at radius 2 is 2.09 bits per heavy atom. The van der Waals surface area contributed by atoms with Crippen LogP contribution in [0.4, 0.5) is 0 Å². The van der Waals surface area contributed by atoms with Gasteiger partial charge in [0.25, 0.3) is 0 Å². The summed E-state index contributed by atoms with van der Waals surface area (Å²) in [6.45, 7) is 8.91. The molecule has 0 aliphatic heterocycles. The molecule has 4 aliphatic carbocycles. The van der Waals surface area contributed by atoms with Crippen molar-refractivity contribution in [3.05, 3.63) is 23.8 Å². The van der Waals surface area contributed by atoms with Gasteiger partial charge >= 0.3 is 0 Å². The molecule has 3 fully saturated rings. The maximum absolute atomic E-state index is 11.0.